The summed E-state index contributed by atoms with van der Waals surface area (Å²) in [6.45, 7) is 0.135. The Bertz CT molecular complexity index is 1050. The zero-order valence-corrected chi connectivity index (χ0v) is 15.2. The first-order chi connectivity index (χ1) is 12.4. The minimum absolute atomic E-state index is 0.0761. The molecular weight excluding hydrogens is 380 g/mol. The van der Waals surface area contributed by atoms with Gasteiger partial charge in [0.25, 0.3) is 0 Å². The van der Waals surface area contributed by atoms with Gasteiger partial charge in [-0.15, -0.1) is 0 Å². The lowest BCUT2D eigenvalue weighted by molar-refractivity contribution is 0.186. The maximum atomic E-state index is 12.5. The Morgan fingerprint density at radius 1 is 1.23 bits per heavy atom. The Morgan fingerprint density at radius 2 is 1.96 bits per heavy atom. The molecule has 0 saturated carbocycles. The van der Waals surface area contributed by atoms with Crippen LogP contribution in [0.1, 0.15) is 5.56 Å². The quantitative estimate of drug-likeness (QED) is 0.615. The molecule has 0 atom stereocenters. The highest BCUT2D eigenvalue weighted by Crippen LogP contribution is 2.19. The van der Waals surface area contributed by atoms with Crippen LogP contribution >= 0.6 is 11.6 Å². The van der Waals surface area contributed by atoms with Crippen LogP contribution in [0.15, 0.2) is 47.4 Å². The van der Waals surface area contributed by atoms with Crippen LogP contribution < -0.4 is 10.0 Å². The van der Waals surface area contributed by atoms with E-state index >= 15 is 0 Å². The minimum Gasteiger partial charge on any atom is -0.453 e. The number of halogens is 1. The number of aromatic amines is 1. The van der Waals surface area contributed by atoms with E-state index < -0.39 is 16.1 Å². The predicted molar refractivity (Wildman–Crippen MR) is 97.6 cm³/mol. The van der Waals surface area contributed by atoms with Crippen molar-refractivity contribution in [2.45, 2.75) is 11.4 Å². The van der Waals surface area contributed by atoms with Gasteiger partial charge in [-0.3, -0.25) is 5.32 Å². The first-order valence-electron chi connectivity index (χ1n) is 7.46. The monoisotopic (exact) mass is 394 g/mol. The lowest BCUT2D eigenvalue weighted by Gasteiger charge is -2.07. The van der Waals surface area contributed by atoms with Gasteiger partial charge < -0.3 is 9.72 Å². The van der Waals surface area contributed by atoms with Crippen molar-refractivity contribution in [3.05, 3.63) is 53.1 Å². The summed E-state index contributed by atoms with van der Waals surface area (Å²) in [7, 11) is -2.49. The van der Waals surface area contributed by atoms with Gasteiger partial charge in [-0.25, -0.2) is 22.9 Å². The molecule has 0 fully saturated rings. The summed E-state index contributed by atoms with van der Waals surface area (Å²) >= 11 is 5.81. The number of aromatic nitrogens is 2. The number of hydrogen-bond acceptors (Lipinski definition) is 5. The lowest BCUT2D eigenvalue weighted by Crippen LogP contribution is -2.23. The molecule has 2 aromatic carbocycles. The second-order valence-electron chi connectivity index (χ2n) is 5.33. The zero-order valence-electron chi connectivity index (χ0n) is 13.6. The van der Waals surface area contributed by atoms with E-state index in [1.54, 1.807) is 30.3 Å². The second-order valence-corrected chi connectivity index (χ2v) is 7.54. The van der Waals surface area contributed by atoms with Crippen molar-refractivity contribution >= 4 is 44.7 Å². The molecule has 3 N–H and O–H groups in total. The molecule has 1 heterocycles. The summed E-state index contributed by atoms with van der Waals surface area (Å²) in [4.78, 5) is 18.2. The van der Waals surface area contributed by atoms with Crippen LogP contribution in [0.2, 0.25) is 5.02 Å². The molecule has 26 heavy (non-hydrogen) atoms. The van der Waals surface area contributed by atoms with Crippen molar-refractivity contribution in [3.8, 4) is 0 Å². The fourth-order valence-corrected chi connectivity index (χ4v) is 3.40. The predicted octanol–water partition coefficient (Wildman–Crippen LogP) is 2.87. The van der Waals surface area contributed by atoms with Gasteiger partial charge in [0.1, 0.15) is 0 Å². The SMILES string of the molecule is COC(=O)Nc1nc2ccc(S(=O)(=O)NCc3ccc(Cl)cc3)cc2[nH]1. The number of imidazole rings is 1. The first-order valence-corrected chi connectivity index (χ1v) is 9.32. The number of benzene rings is 2. The lowest BCUT2D eigenvalue weighted by atomic mass is 10.2. The third-order valence-corrected chi connectivity index (χ3v) is 5.20. The molecule has 8 nitrogen and oxygen atoms in total. The number of rotatable bonds is 5. The molecule has 0 radical (unpaired) electrons. The van der Waals surface area contributed by atoms with Gasteiger partial charge in [-0.1, -0.05) is 23.7 Å². The van der Waals surface area contributed by atoms with Crippen LogP contribution in [0, 0.1) is 0 Å². The number of carbonyl (C=O) groups excluding carboxylic acids is 1. The van der Waals surface area contributed by atoms with Crippen molar-refractivity contribution < 1.29 is 17.9 Å². The fraction of sp³-hybridized carbons (Fsp3) is 0.125. The summed E-state index contributed by atoms with van der Waals surface area (Å²) in [5.74, 6) is 0.163. The van der Waals surface area contributed by atoms with Crippen molar-refractivity contribution in [1.82, 2.24) is 14.7 Å². The van der Waals surface area contributed by atoms with Crippen LogP contribution in [0.5, 0.6) is 0 Å². The van der Waals surface area contributed by atoms with Crippen molar-refractivity contribution in [3.63, 3.8) is 0 Å². The van der Waals surface area contributed by atoms with E-state index in [1.165, 1.54) is 19.2 Å². The Kier molecular flexibility index (Phi) is 5.12. The number of ether oxygens (including phenoxy) is 1. The number of H-pyrrole nitrogens is 1. The Morgan fingerprint density at radius 3 is 2.65 bits per heavy atom. The van der Waals surface area contributed by atoms with Crippen LogP contribution in [0.3, 0.4) is 0 Å². The van der Waals surface area contributed by atoms with E-state index in [0.29, 0.717) is 16.1 Å². The molecule has 1 aromatic heterocycles. The number of nitrogens with zero attached hydrogens (tertiary/aromatic N) is 1. The maximum Gasteiger partial charge on any atom is 0.413 e. The topological polar surface area (TPSA) is 113 Å². The summed E-state index contributed by atoms with van der Waals surface area (Å²) in [6, 6.07) is 11.3. The average Bonchev–Trinajstić information content (AvgIpc) is 3.02. The number of anilines is 1. The normalized spacial score (nSPS) is 11.5. The fourth-order valence-electron chi connectivity index (χ4n) is 2.23. The van der Waals surface area contributed by atoms with E-state index in [2.05, 4.69) is 24.7 Å². The van der Waals surface area contributed by atoms with E-state index in [-0.39, 0.29) is 17.4 Å². The Labute approximate surface area is 154 Å². The molecule has 0 unspecified atom stereocenters. The van der Waals surface area contributed by atoms with Gasteiger partial charge in [0, 0.05) is 11.6 Å². The maximum absolute atomic E-state index is 12.5. The molecule has 0 aliphatic heterocycles. The minimum atomic E-state index is -3.72. The van der Waals surface area contributed by atoms with Gasteiger partial charge in [-0.2, -0.15) is 0 Å². The van der Waals surface area contributed by atoms with E-state index in [0.717, 1.165) is 5.56 Å². The molecule has 0 spiro atoms. The van der Waals surface area contributed by atoms with Gasteiger partial charge in [0.15, 0.2) is 0 Å². The van der Waals surface area contributed by atoms with E-state index in [4.69, 9.17) is 11.6 Å². The number of hydrogen-bond donors (Lipinski definition) is 3. The molecule has 0 saturated heterocycles. The average molecular weight is 395 g/mol. The molecule has 136 valence electrons. The van der Waals surface area contributed by atoms with E-state index in [1.807, 2.05) is 0 Å². The van der Waals surface area contributed by atoms with Crippen LogP contribution in [-0.2, 0) is 21.3 Å². The number of carbonyl (C=O) groups is 1. The number of methoxy groups -OCH3 is 1. The van der Waals surface area contributed by atoms with Gasteiger partial charge in [0.05, 0.1) is 23.0 Å². The number of amides is 1. The number of fused-ring (bicyclic) bond motifs is 1. The molecule has 0 aliphatic carbocycles. The first kappa shape index (κ1) is 18.2. The summed E-state index contributed by atoms with van der Waals surface area (Å²) in [5.41, 5.74) is 1.75. The highest BCUT2D eigenvalue weighted by atomic mass is 35.5. The van der Waals surface area contributed by atoms with Gasteiger partial charge in [-0.05, 0) is 35.9 Å². The molecule has 0 aliphatic rings. The second kappa shape index (κ2) is 7.32. The number of nitrogens with one attached hydrogen (secondary N) is 3. The number of sulfonamides is 1. The Balaban J connectivity index is 1.79. The summed E-state index contributed by atoms with van der Waals surface area (Å²) in [6.07, 6.45) is -0.679. The molecule has 3 rings (SSSR count). The van der Waals surface area contributed by atoms with Crippen molar-refractivity contribution in [2.24, 2.45) is 0 Å². The smallest absolute Gasteiger partial charge is 0.413 e. The third kappa shape index (κ3) is 4.13. The van der Waals surface area contributed by atoms with Crippen LogP contribution in [0.4, 0.5) is 10.7 Å². The van der Waals surface area contributed by atoms with Crippen molar-refractivity contribution in [2.75, 3.05) is 12.4 Å². The largest absolute Gasteiger partial charge is 0.453 e. The van der Waals surface area contributed by atoms with Crippen LogP contribution in [-0.4, -0.2) is 31.6 Å². The third-order valence-electron chi connectivity index (χ3n) is 3.55. The summed E-state index contributed by atoms with van der Waals surface area (Å²) < 4.78 is 32.0. The van der Waals surface area contributed by atoms with Gasteiger partial charge in [0.2, 0.25) is 16.0 Å². The molecule has 0 bridgehead atoms. The molecule has 3 aromatic rings. The van der Waals surface area contributed by atoms with Gasteiger partial charge >= 0.3 is 6.09 Å². The van der Waals surface area contributed by atoms with Crippen LogP contribution in [0.25, 0.3) is 11.0 Å². The van der Waals surface area contributed by atoms with Crippen molar-refractivity contribution in [1.29, 1.82) is 0 Å². The molecule has 10 heteroatoms. The summed E-state index contributed by atoms with van der Waals surface area (Å²) in [5, 5.41) is 2.97. The molecule has 1 amide bonds. The molecular formula is C16H15ClN4O4S. The zero-order chi connectivity index (χ0) is 18.7. The van der Waals surface area contributed by atoms with E-state index in [9.17, 15) is 13.2 Å². The highest BCUT2D eigenvalue weighted by Gasteiger charge is 2.16. The standard InChI is InChI=1S/C16H15ClN4O4S/c1-25-16(22)21-15-19-13-7-6-12(8-14(13)20-15)26(23,24)18-9-10-2-4-11(17)5-3-10/h2-8,18H,9H2,1H3,(H2,19,20,21,22). The highest BCUT2D eigenvalue weighted by molar-refractivity contribution is 7.89. The Hall–Kier alpha value is -2.62.